The van der Waals surface area contributed by atoms with E-state index in [4.69, 9.17) is 4.74 Å². The Hall–Kier alpha value is -1.63. The number of carbonyl (C=O) groups is 1. The smallest absolute Gasteiger partial charge is 0.273 e. The molecule has 114 valence electrons. The molecule has 1 fully saturated rings. The van der Waals surface area contributed by atoms with Gasteiger partial charge in [-0.05, 0) is 41.8 Å². The summed E-state index contributed by atoms with van der Waals surface area (Å²) in [4.78, 5) is 22.3. The molecular weight excluding hydrogens is 340 g/mol. The SMILES string of the molecule is CC(Oc1cc([N+](=O)[O-])ccc1Br)C(=O)NC1CCCC1. The number of benzene rings is 1. The highest BCUT2D eigenvalue weighted by Gasteiger charge is 2.22. The minimum atomic E-state index is -0.705. The molecule has 0 saturated heterocycles. The number of carbonyl (C=O) groups excluding carboxylic acids is 1. The van der Waals surface area contributed by atoms with Crippen molar-refractivity contribution < 1.29 is 14.5 Å². The van der Waals surface area contributed by atoms with Crippen LogP contribution in [0.4, 0.5) is 5.69 Å². The van der Waals surface area contributed by atoms with Crippen LogP contribution in [0, 0.1) is 10.1 Å². The van der Waals surface area contributed by atoms with Gasteiger partial charge >= 0.3 is 0 Å². The summed E-state index contributed by atoms with van der Waals surface area (Å²) in [6.07, 6.45) is 3.56. The van der Waals surface area contributed by atoms with Gasteiger partial charge in [-0.2, -0.15) is 0 Å². The fourth-order valence-electron chi connectivity index (χ4n) is 2.33. The van der Waals surface area contributed by atoms with Crippen molar-refractivity contribution >= 4 is 27.5 Å². The van der Waals surface area contributed by atoms with Crippen molar-refractivity contribution in [1.82, 2.24) is 5.32 Å². The maximum Gasteiger partial charge on any atom is 0.273 e. The minimum absolute atomic E-state index is 0.0726. The van der Waals surface area contributed by atoms with Crippen LogP contribution in [-0.4, -0.2) is 23.0 Å². The number of nitrogens with zero attached hydrogens (tertiary/aromatic N) is 1. The molecule has 6 nitrogen and oxygen atoms in total. The van der Waals surface area contributed by atoms with Crippen LogP contribution in [0.15, 0.2) is 22.7 Å². The first-order chi connectivity index (χ1) is 9.97. The van der Waals surface area contributed by atoms with Gasteiger partial charge in [-0.3, -0.25) is 14.9 Å². The second-order valence-electron chi connectivity index (χ2n) is 5.12. The Morgan fingerprint density at radius 2 is 2.14 bits per heavy atom. The maximum absolute atomic E-state index is 12.0. The van der Waals surface area contributed by atoms with Gasteiger partial charge in [-0.25, -0.2) is 0 Å². The fraction of sp³-hybridized carbons (Fsp3) is 0.500. The first kappa shape index (κ1) is 15.8. The van der Waals surface area contributed by atoms with Gasteiger partial charge < -0.3 is 10.1 Å². The molecule has 1 saturated carbocycles. The second-order valence-corrected chi connectivity index (χ2v) is 5.98. The maximum atomic E-state index is 12.0. The zero-order valence-electron chi connectivity index (χ0n) is 11.7. The van der Waals surface area contributed by atoms with Crippen LogP contribution >= 0.6 is 15.9 Å². The molecule has 0 heterocycles. The quantitative estimate of drug-likeness (QED) is 0.648. The first-order valence-electron chi connectivity index (χ1n) is 6.88. The summed E-state index contributed by atoms with van der Waals surface area (Å²) in [5, 5.41) is 13.7. The number of nitro groups is 1. The van der Waals surface area contributed by atoms with E-state index < -0.39 is 11.0 Å². The highest BCUT2D eigenvalue weighted by atomic mass is 79.9. The molecule has 0 spiro atoms. The van der Waals surface area contributed by atoms with Crippen molar-refractivity contribution in [3.05, 3.63) is 32.8 Å². The molecule has 1 atom stereocenters. The molecule has 2 rings (SSSR count). The zero-order chi connectivity index (χ0) is 15.4. The van der Waals surface area contributed by atoms with E-state index >= 15 is 0 Å². The van der Waals surface area contributed by atoms with Gasteiger partial charge in [0.15, 0.2) is 6.10 Å². The van der Waals surface area contributed by atoms with Crippen molar-refractivity contribution in [2.45, 2.75) is 44.8 Å². The molecule has 1 aliphatic carbocycles. The van der Waals surface area contributed by atoms with E-state index in [0.29, 0.717) is 10.2 Å². The van der Waals surface area contributed by atoms with Crippen LogP contribution in [0.3, 0.4) is 0 Å². The normalized spacial score (nSPS) is 16.5. The monoisotopic (exact) mass is 356 g/mol. The van der Waals surface area contributed by atoms with Crippen molar-refractivity contribution in [3.8, 4) is 5.75 Å². The minimum Gasteiger partial charge on any atom is -0.479 e. The summed E-state index contributed by atoms with van der Waals surface area (Å²) in [6, 6.07) is 4.44. The van der Waals surface area contributed by atoms with Crippen molar-refractivity contribution in [2.24, 2.45) is 0 Å². The van der Waals surface area contributed by atoms with E-state index in [2.05, 4.69) is 21.2 Å². The summed E-state index contributed by atoms with van der Waals surface area (Å²) < 4.78 is 6.12. The van der Waals surface area contributed by atoms with E-state index in [-0.39, 0.29) is 17.6 Å². The molecule has 1 aromatic rings. The lowest BCUT2D eigenvalue weighted by molar-refractivity contribution is -0.385. The molecular formula is C14H17BrN2O4. The third kappa shape index (κ3) is 4.17. The van der Waals surface area contributed by atoms with Gasteiger partial charge in [0, 0.05) is 12.1 Å². The molecule has 0 radical (unpaired) electrons. The predicted octanol–water partition coefficient (Wildman–Crippen LogP) is 3.18. The first-order valence-corrected chi connectivity index (χ1v) is 7.67. The third-order valence-electron chi connectivity index (χ3n) is 3.50. The fourth-order valence-corrected chi connectivity index (χ4v) is 2.67. The molecule has 1 amide bonds. The van der Waals surface area contributed by atoms with Gasteiger partial charge in [-0.1, -0.05) is 12.8 Å². The lowest BCUT2D eigenvalue weighted by atomic mass is 10.2. The van der Waals surface area contributed by atoms with Gasteiger partial charge in [0.05, 0.1) is 15.5 Å². The predicted molar refractivity (Wildman–Crippen MR) is 81.3 cm³/mol. The Morgan fingerprint density at radius 1 is 1.48 bits per heavy atom. The van der Waals surface area contributed by atoms with Gasteiger partial charge in [0.25, 0.3) is 11.6 Å². The van der Waals surface area contributed by atoms with E-state index in [0.717, 1.165) is 25.7 Å². The standard InChI is InChI=1S/C14H17BrN2O4/c1-9(14(18)16-10-4-2-3-5-10)21-13-8-11(17(19)20)6-7-12(13)15/h6-10H,2-5H2,1H3,(H,16,18). The van der Waals surface area contributed by atoms with Gasteiger partial charge in [-0.15, -0.1) is 0 Å². The highest BCUT2D eigenvalue weighted by Crippen LogP contribution is 2.30. The molecule has 0 aliphatic heterocycles. The Kier molecular flexibility index (Phi) is 5.17. The number of nitro benzene ring substituents is 1. The van der Waals surface area contributed by atoms with E-state index in [1.165, 1.54) is 18.2 Å². The van der Waals surface area contributed by atoms with E-state index in [1.54, 1.807) is 6.92 Å². The molecule has 7 heteroatoms. The average molecular weight is 357 g/mol. The van der Waals surface area contributed by atoms with E-state index in [9.17, 15) is 14.9 Å². The summed E-state index contributed by atoms with van der Waals surface area (Å²) in [6.45, 7) is 1.63. The number of amides is 1. The van der Waals surface area contributed by atoms with Crippen LogP contribution in [0.2, 0.25) is 0 Å². The lowest BCUT2D eigenvalue weighted by Crippen LogP contribution is -2.41. The molecule has 1 N–H and O–H groups in total. The third-order valence-corrected chi connectivity index (χ3v) is 4.16. The molecule has 1 aromatic carbocycles. The zero-order valence-corrected chi connectivity index (χ0v) is 13.3. The Bertz CT molecular complexity index is 544. The second kappa shape index (κ2) is 6.89. The average Bonchev–Trinajstić information content (AvgIpc) is 2.93. The topological polar surface area (TPSA) is 81.5 Å². The van der Waals surface area contributed by atoms with Crippen LogP contribution in [-0.2, 0) is 4.79 Å². The number of rotatable bonds is 5. The Morgan fingerprint density at radius 3 is 2.76 bits per heavy atom. The number of hydrogen-bond donors (Lipinski definition) is 1. The van der Waals surface area contributed by atoms with Gasteiger partial charge in [0.1, 0.15) is 5.75 Å². The number of nitrogens with one attached hydrogen (secondary N) is 1. The van der Waals surface area contributed by atoms with E-state index in [1.807, 2.05) is 0 Å². The largest absolute Gasteiger partial charge is 0.479 e. The molecule has 21 heavy (non-hydrogen) atoms. The number of hydrogen-bond acceptors (Lipinski definition) is 4. The molecule has 0 bridgehead atoms. The number of ether oxygens (including phenoxy) is 1. The van der Waals surface area contributed by atoms with Crippen LogP contribution in [0.1, 0.15) is 32.6 Å². The van der Waals surface area contributed by atoms with Crippen LogP contribution in [0.25, 0.3) is 0 Å². The molecule has 1 aliphatic rings. The molecule has 1 unspecified atom stereocenters. The number of halogens is 1. The Balaban J connectivity index is 2.00. The lowest BCUT2D eigenvalue weighted by Gasteiger charge is -2.18. The number of non-ortho nitro benzene ring substituents is 1. The van der Waals surface area contributed by atoms with Crippen molar-refractivity contribution in [3.63, 3.8) is 0 Å². The van der Waals surface area contributed by atoms with Crippen LogP contribution < -0.4 is 10.1 Å². The van der Waals surface area contributed by atoms with Crippen molar-refractivity contribution in [1.29, 1.82) is 0 Å². The van der Waals surface area contributed by atoms with Crippen molar-refractivity contribution in [2.75, 3.05) is 0 Å². The summed E-state index contributed by atoms with van der Waals surface area (Å²) in [5.41, 5.74) is -0.0726. The van der Waals surface area contributed by atoms with Gasteiger partial charge in [0.2, 0.25) is 0 Å². The summed E-state index contributed by atoms with van der Waals surface area (Å²) >= 11 is 3.27. The molecule has 0 aromatic heterocycles. The summed E-state index contributed by atoms with van der Waals surface area (Å²) in [7, 11) is 0. The summed E-state index contributed by atoms with van der Waals surface area (Å²) in [5.74, 6) is 0.0959. The Labute approximate surface area is 131 Å². The highest BCUT2D eigenvalue weighted by molar-refractivity contribution is 9.10. The van der Waals surface area contributed by atoms with Crippen LogP contribution in [0.5, 0.6) is 5.75 Å².